The van der Waals surface area contributed by atoms with Crippen molar-refractivity contribution in [2.75, 3.05) is 5.73 Å². The third kappa shape index (κ3) is 2.32. The van der Waals surface area contributed by atoms with Crippen LogP contribution in [0.3, 0.4) is 0 Å². The molecular formula is C13H20N2. The van der Waals surface area contributed by atoms with Gasteiger partial charge in [-0.15, -0.1) is 0 Å². The first-order valence-corrected chi connectivity index (χ1v) is 5.89. The molecule has 82 valence electrons. The molecule has 0 amide bonds. The van der Waals surface area contributed by atoms with Crippen molar-refractivity contribution >= 4 is 5.69 Å². The lowest BCUT2D eigenvalue weighted by atomic mass is 9.83. The molecule has 0 saturated heterocycles. The lowest BCUT2D eigenvalue weighted by molar-refractivity contribution is 0.443. The Morgan fingerprint density at radius 3 is 2.47 bits per heavy atom. The smallest absolute Gasteiger partial charge is 0.0362 e. The second-order valence-corrected chi connectivity index (χ2v) is 4.50. The zero-order chi connectivity index (χ0) is 10.7. The second kappa shape index (κ2) is 4.67. The molecule has 2 nitrogen and oxygen atoms in total. The van der Waals surface area contributed by atoms with Crippen LogP contribution >= 0.6 is 0 Å². The quantitative estimate of drug-likeness (QED) is 0.728. The van der Waals surface area contributed by atoms with Gasteiger partial charge in [-0.1, -0.05) is 31.4 Å². The third-order valence-corrected chi connectivity index (χ3v) is 3.47. The lowest BCUT2D eigenvalue weighted by Crippen LogP contribution is -2.07. The van der Waals surface area contributed by atoms with E-state index in [-0.39, 0.29) is 0 Å². The van der Waals surface area contributed by atoms with Crippen LogP contribution in [0.1, 0.15) is 49.1 Å². The molecule has 15 heavy (non-hydrogen) atoms. The van der Waals surface area contributed by atoms with E-state index >= 15 is 0 Å². The van der Waals surface area contributed by atoms with Crippen molar-refractivity contribution in [1.29, 1.82) is 0 Å². The predicted molar refractivity (Wildman–Crippen MR) is 64.6 cm³/mol. The highest BCUT2D eigenvalue weighted by Gasteiger charge is 2.15. The number of hydrogen-bond donors (Lipinski definition) is 2. The van der Waals surface area contributed by atoms with Crippen LogP contribution in [0.15, 0.2) is 18.2 Å². The van der Waals surface area contributed by atoms with E-state index in [2.05, 4.69) is 18.2 Å². The molecule has 1 saturated carbocycles. The van der Waals surface area contributed by atoms with Gasteiger partial charge in [0.15, 0.2) is 0 Å². The summed E-state index contributed by atoms with van der Waals surface area (Å²) < 4.78 is 0. The van der Waals surface area contributed by atoms with Crippen LogP contribution in [-0.2, 0) is 6.54 Å². The summed E-state index contributed by atoms with van der Waals surface area (Å²) >= 11 is 0. The minimum Gasteiger partial charge on any atom is -0.398 e. The minimum atomic E-state index is 0.538. The fourth-order valence-electron chi connectivity index (χ4n) is 2.49. The molecule has 0 unspecified atom stereocenters. The zero-order valence-corrected chi connectivity index (χ0v) is 9.21. The molecule has 4 N–H and O–H groups in total. The largest absolute Gasteiger partial charge is 0.398 e. The topological polar surface area (TPSA) is 52.0 Å². The molecule has 1 aliphatic carbocycles. The molecule has 0 heterocycles. The average molecular weight is 204 g/mol. The Balaban J connectivity index is 2.17. The van der Waals surface area contributed by atoms with Gasteiger partial charge in [0.2, 0.25) is 0 Å². The molecule has 1 aliphatic rings. The van der Waals surface area contributed by atoms with E-state index in [1.165, 1.54) is 37.7 Å². The summed E-state index contributed by atoms with van der Waals surface area (Å²) in [4.78, 5) is 0. The number of nitrogens with two attached hydrogens (primary N) is 2. The standard InChI is InChI=1S/C13H20N2/c14-9-12-7-6-11(8-13(12)15)10-4-2-1-3-5-10/h6-8,10H,1-5,9,14-15H2. The highest BCUT2D eigenvalue weighted by atomic mass is 14.6. The van der Waals surface area contributed by atoms with Crippen LogP contribution in [-0.4, -0.2) is 0 Å². The first kappa shape index (κ1) is 10.5. The van der Waals surface area contributed by atoms with Gasteiger partial charge in [-0.25, -0.2) is 0 Å². The van der Waals surface area contributed by atoms with Crippen LogP contribution in [0.2, 0.25) is 0 Å². The molecule has 0 aromatic heterocycles. The van der Waals surface area contributed by atoms with Gasteiger partial charge in [0.25, 0.3) is 0 Å². The molecule has 0 bridgehead atoms. The highest BCUT2D eigenvalue weighted by Crippen LogP contribution is 2.33. The average Bonchev–Trinajstić information content (AvgIpc) is 2.30. The highest BCUT2D eigenvalue weighted by molar-refractivity contribution is 5.49. The fourth-order valence-corrected chi connectivity index (χ4v) is 2.49. The van der Waals surface area contributed by atoms with Crippen LogP contribution < -0.4 is 11.5 Å². The normalized spacial score (nSPS) is 17.9. The maximum absolute atomic E-state index is 5.96. The maximum Gasteiger partial charge on any atom is 0.0362 e. The van der Waals surface area contributed by atoms with Gasteiger partial charge in [-0.2, -0.15) is 0 Å². The molecule has 1 fully saturated rings. The van der Waals surface area contributed by atoms with E-state index in [1.54, 1.807) is 0 Å². The van der Waals surface area contributed by atoms with Crippen molar-refractivity contribution in [3.63, 3.8) is 0 Å². The van der Waals surface area contributed by atoms with E-state index in [1.807, 2.05) is 0 Å². The van der Waals surface area contributed by atoms with Crippen molar-refractivity contribution < 1.29 is 0 Å². The van der Waals surface area contributed by atoms with Crippen molar-refractivity contribution in [1.82, 2.24) is 0 Å². The maximum atomic E-state index is 5.96. The molecule has 0 aliphatic heterocycles. The zero-order valence-electron chi connectivity index (χ0n) is 9.21. The van der Waals surface area contributed by atoms with Gasteiger partial charge in [0.1, 0.15) is 0 Å². The third-order valence-electron chi connectivity index (χ3n) is 3.47. The van der Waals surface area contributed by atoms with Crippen LogP contribution in [0, 0.1) is 0 Å². The van der Waals surface area contributed by atoms with Crippen molar-refractivity contribution in [2.45, 2.75) is 44.6 Å². The van der Waals surface area contributed by atoms with Crippen LogP contribution in [0.25, 0.3) is 0 Å². The molecular weight excluding hydrogens is 184 g/mol. The van der Waals surface area contributed by atoms with E-state index in [9.17, 15) is 0 Å². The van der Waals surface area contributed by atoms with Crippen molar-refractivity contribution in [3.8, 4) is 0 Å². The van der Waals surface area contributed by atoms with Crippen LogP contribution in [0.5, 0.6) is 0 Å². The van der Waals surface area contributed by atoms with Gasteiger partial charge in [-0.3, -0.25) is 0 Å². The second-order valence-electron chi connectivity index (χ2n) is 4.50. The Labute approximate surface area is 91.7 Å². The first-order chi connectivity index (χ1) is 7.31. The summed E-state index contributed by atoms with van der Waals surface area (Å²) in [5.74, 6) is 0.730. The predicted octanol–water partition coefficient (Wildman–Crippen LogP) is 2.78. The Morgan fingerprint density at radius 1 is 1.13 bits per heavy atom. The molecule has 2 rings (SSSR count). The number of hydrogen-bond acceptors (Lipinski definition) is 2. The van der Waals surface area contributed by atoms with Crippen LogP contribution in [0.4, 0.5) is 5.69 Å². The Kier molecular flexibility index (Phi) is 3.27. The molecule has 0 radical (unpaired) electrons. The monoisotopic (exact) mass is 204 g/mol. The summed E-state index contributed by atoms with van der Waals surface area (Å²) in [5.41, 5.74) is 14.9. The summed E-state index contributed by atoms with van der Waals surface area (Å²) in [6, 6.07) is 6.41. The van der Waals surface area contributed by atoms with Gasteiger partial charge in [-0.05, 0) is 36.0 Å². The summed E-state index contributed by atoms with van der Waals surface area (Å²) in [7, 11) is 0. The van der Waals surface area contributed by atoms with Crippen molar-refractivity contribution in [3.05, 3.63) is 29.3 Å². The van der Waals surface area contributed by atoms with E-state index in [0.717, 1.165) is 17.2 Å². The van der Waals surface area contributed by atoms with E-state index in [0.29, 0.717) is 6.54 Å². The minimum absolute atomic E-state index is 0.538. The van der Waals surface area contributed by atoms with Gasteiger partial charge < -0.3 is 11.5 Å². The van der Waals surface area contributed by atoms with Gasteiger partial charge >= 0.3 is 0 Å². The number of nitrogen functional groups attached to an aromatic ring is 1. The molecule has 0 atom stereocenters. The molecule has 1 aromatic rings. The molecule has 1 aromatic carbocycles. The Bertz CT molecular complexity index is 327. The number of rotatable bonds is 2. The van der Waals surface area contributed by atoms with Gasteiger partial charge in [0.05, 0.1) is 0 Å². The van der Waals surface area contributed by atoms with E-state index < -0.39 is 0 Å². The summed E-state index contributed by atoms with van der Waals surface area (Å²) in [6.45, 7) is 0.538. The summed E-state index contributed by atoms with van der Waals surface area (Å²) in [6.07, 6.45) is 6.77. The first-order valence-electron chi connectivity index (χ1n) is 5.89. The Morgan fingerprint density at radius 2 is 1.87 bits per heavy atom. The lowest BCUT2D eigenvalue weighted by Gasteiger charge is -2.22. The van der Waals surface area contributed by atoms with E-state index in [4.69, 9.17) is 11.5 Å². The molecule has 2 heteroatoms. The molecule has 0 spiro atoms. The summed E-state index contributed by atoms with van der Waals surface area (Å²) in [5, 5.41) is 0. The fraction of sp³-hybridized carbons (Fsp3) is 0.538. The van der Waals surface area contributed by atoms with Gasteiger partial charge in [0, 0.05) is 12.2 Å². The Hall–Kier alpha value is -1.02. The SMILES string of the molecule is NCc1ccc(C2CCCCC2)cc1N. The number of anilines is 1. The van der Waals surface area contributed by atoms with Crippen molar-refractivity contribution in [2.24, 2.45) is 5.73 Å². The number of benzene rings is 1.